The average molecular weight is 281 g/mol. The van der Waals surface area contributed by atoms with Crippen molar-refractivity contribution in [3.05, 3.63) is 16.4 Å². The van der Waals surface area contributed by atoms with E-state index < -0.39 is 0 Å². The van der Waals surface area contributed by atoms with E-state index in [0.29, 0.717) is 12.3 Å². The Morgan fingerprint density at radius 2 is 2.00 bits per heavy atom. The topological polar surface area (TPSA) is 38.0 Å². The highest BCUT2D eigenvalue weighted by molar-refractivity contribution is 6.31. The molecule has 1 aromatic rings. The summed E-state index contributed by atoms with van der Waals surface area (Å²) < 4.78 is 1.83. The molecule has 3 aliphatic carbocycles. The van der Waals surface area contributed by atoms with Gasteiger partial charge in [0.05, 0.1) is 22.5 Å². The van der Waals surface area contributed by atoms with Gasteiger partial charge in [0, 0.05) is 13.5 Å². The molecular weight excluding hydrogens is 260 g/mol. The Bertz CT molecular complexity index is 510. The van der Waals surface area contributed by atoms with Crippen molar-refractivity contribution in [2.45, 2.75) is 38.7 Å². The van der Waals surface area contributed by atoms with Crippen LogP contribution in [0.3, 0.4) is 0 Å². The number of aliphatic hydroxyl groups is 1. The van der Waals surface area contributed by atoms with Crippen LogP contribution < -0.4 is 0 Å². The maximum atomic E-state index is 10.6. The Labute approximate surface area is 118 Å². The second-order valence-corrected chi connectivity index (χ2v) is 7.18. The first kappa shape index (κ1) is 12.2. The van der Waals surface area contributed by atoms with Crippen LogP contribution in [0.4, 0.5) is 0 Å². The zero-order valence-corrected chi connectivity index (χ0v) is 12.3. The normalized spacial score (nSPS) is 40.5. The van der Waals surface area contributed by atoms with Crippen LogP contribution in [0.2, 0.25) is 5.02 Å². The summed E-state index contributed by atoms with van der Waals surface area (Å²) in [7, 11) is 1.92. The molecule has 4 rings (SSSR count). The van der Waals surface area contributed by atoms with Crippen molar-refractivity contribution in [2.75, 3.05) is 0 Å². The molecule has 3 aliphatic rings. The second-order valence-electron chi connectivity index (χ2n) is 6.81. The van der Waals surface area contributed by atoms with Crippen LogP contribution in [0, 0.1) is 36.5 Å². The number of rotatable bonds is 3. The molecule has 3 nitrogen and oxygen atoms in total. The lowest BCUT2D eigenvalue weighted by atomic mass is 9.96. The average Bonchev–Trinajstić information content (AvgIpc) is 2.70. The molecule has 0 saturated heterocycles. The van der Waals surface area contributed by atoms with Gasteiger partial charge in [-0.25, -0.2) is 0 Å². The number of halogens is 1. The molecule has 5 unspecified atom stereocenters. The summed E-state index contributed by atoms with van der Waals surface area (Å²) in [4.78, 5) is 0. The van der Waals surface area contributed by atoms with Crippen molar-refractivity contribution >= 4 is 11.6 Å². The summed E-state index contributed by atoms with van der Waals surface area (Å²) in [6.45, 7) is 1.92. The van der Waals surface area contributed by atoms with Gasteiger partial charge in [-0.15, -0.1) is 0 Å². The zero-order valence-electron chi connectivity index (χ0n) is 11.5. The van der Waals surface area contributed by atoms with E-state index in [1.54, 1.807) is 0 Å². The van der Waals surface area contributed by atoms with Crippen LogP contribution in [0.1, 0.15) is 30.7 Å². The van der Waals surface area contributed by atoms with E-state index in [9.17, 15) is 5.11 Å². The van der Waals surface area contributed by atoms with E-state index in [4.69, 9.17) is 11.6 Å². The van der Waals surface area contributed by atoms with Crippen LogP contribution in [-0.4, -0.2) is 21.0 Å². The van der Waals surface area contributed by atoms with Gasteiger partial charge < -0.3 is 5.11 Å². The lowest BCUT2D eigenvalue weighted by Gasteiger charge is -2.15. The van der Waals surface area contributed by atoms with Gasteiger partial charge in [-0.2, -0.15) is 5.10 Å². The van der Waals surface area contributed by atoms with Gasteiger partial charge in [-0.1, -0.05) is 11.6 Å². The van der Waals surface area contributed by atoms with Gasteiger partial charge in [0.1, 0.15) is 0 Å². The smallest absolute Gasteiger partial charge is 0.0847 e. The van der Waals surface area contributed by atoms with E-state index in [2.05, 4.69) is 5.10 Å². The number of nitrogens with zero attached hydrogens (tertiary/aromatic N) is 2. The molecule has 1 N–H and O–H groups in total. The van der Waals surface area contributed by atoms with Gasteiger partial charge in [-0.3, -0.25) is 4.68 Å². The molecule has 3 saturated carbocycles. The summed E-state index contributed by atoms with van der Waals surface area (Å²) in [5.41, 5.74) is 1.85. The first-order valence-corrected chi connectivity index (χ1v) is 7.81. The summed E-state index contributed by atoms with van der Waals surface area (Å²) in [5.74, 6) is 4.01. The molecule has 0 amide bonds. The van der Waals surface area contributed by atoms with Crippen molar-refractivity contribution in [1.29, 1.82) is 0 Å². The van der Waals surface area contributed by atoms with Crippen molar-refractivity contribution in [3.8, 4) is 0 Å². The minimum absolute atomic E-state index is 0.231. The molecule has 104 valence electrons. The summed E-state index contributed by atoms with van der Waals surface area (Å²) in [6.07, 6.45) is 4.67. The number of hydrogen-bond donors (Lipinski definition) is 1. The third-order valence-electron chi connectivity index (χ3n) is 5.90. The first-order valence-electron chi connectivity index (χ1n) is 7.44. The van der Waals surface area contributed by atoms with E-state index in [1.165, 1.54) is 19.3 Å². The van der Waals surface area contributed by atoms with Crippen LogP contribution in [0.25, 0.3) is 0 Å². The van der Waals surface area contributed by atoms with Gasteiger partial charge in [-0.05, 0) is 55.8 Å². The lowest BCUT2D eigenvalue weighted by molar-refractivity contribution is 0.126. The van der Waals surface area contributed by atoms with E-state index in [-0.39, 0.29) is 6.10 Å². The predicted octanol–water partition coefficient (Wildman–Crippen LogP) is 2.58. The Hall–Kier alpha value is -0.540. The Kier molecular flexibility index (Phi) is 2.56. The van der Waals surface area contributed by atoms with Gasteiger partial charge >= 0.3 is 0 Å². The van der Waals surface area contributed by atoms with Crippen molar-refractivity contribution in [1.82, 2.24) is 9.78 Å². The molecule has 2 bridgehead atoms. The number of hydrogen-bond acceptors (Lipinski definition) is 2. The Morgan fingerprint density at radius 3 is 2.53 bits per heavy atom. The standard InChI is InChI=1S/C15H21ClN2O/c1-7-15(16)10(18(2)17-7)6-11(19)14-12-8-3-4-9(5-8)13(12)14/h8-9,11-14,19H,3-6H2,1-2H3. The first-order chi connectivity index (χ1) is 9.08. The minimum atomic E-state index is -0.231. The highest BCUT2D eigenvalue weighted by Crippen LogP contribution is 2.70. The fraction of sp³-hybridized carbons (Fsp3) is 0.800. The maximum absolute atomic E-state index is 10.6. The van der Waals surface area contributed by atoms with Crippen molar-refractivity contribution < 1.29 is 5.11 Å². The third-order valence-corrected chi connectivity index (χ3v) is 6.39. The van der Waals surface area contributed by atoms with Gasteiger partial charge in [0.2, 0.25) is 0 Å². The number of aliphatic hydroxyl groups excluding tert-OH is 1. The molecule has 1 heterocycles. The highest BCUT2D eigenvalue weighted by atomic mass is 35.5. The maximum Gasteiger partial charge on any atom is 0.0847 e. The monoisotopic (exact) mass is 280 g/mol. The Morgan fingerprint density at radius 1 is 1.37 bits per heavy atom. The van der Waals surface area contributed by atoms with E-state index in [1.807, 2.05) is 18.7 Å². The van der Waals surface area contributed by atoms with E-state index in [0.717, 1.165) is 40.1 Å². The minimum Gasteiger partial charge on any atom is -0.392 e. The zero-order chi connectivity index (χ0) is 13.3. The molecular formula is C15H21ClN2O. The molecule has 4 heteroatoms. The number of aryl methyl sites for hydroxylation is 2. The molecule has 0 aromatic carbocycles. The summed E-state index contributed by atoms with van der Waals surface area (Å²) >= 11 is 6.28. The Balaban J connectivity index is 1.50. The molecule has 0 aliphatic heterocycles. The molecule has 5 atom stereocenters. The third kappa shape index (κ3) is 1.64. The van der Waals surface area contributed by atoms with Crippen molar-refractivity contribution in [3.63, 3.8) is 0 Å². The van der Waals surface area contributed by atoms with Crippen LogP contribution >= 0.6 is 11.6 Å². The molecule has 0 radical (unpaired) electrons. The summed E-state index contributed by atoms with van der Waals surface area (Å²) in [5, 5.41) is 15.6. The number of fused-ring (bicyclic) bond motifs is 5. The number of aromatic nitrogens is 2. The SMILES string of the molecule is Cc1nn(C)c(CC(O)C2C3C4CCC(C4)C23)c1Cl. The molecule has 0 spiro atoms. The second kappa shape index (κ2) is 3.98. The largest absolute Gasteiger partial charge is 0.392 e. The van der Waals surface area contributed by atoms with Crippen molar-refractivity contribution in [2.24, 2.45) is 36.6 Å². The van der Waals surface area contributed by atoms with Crippen LogP contribution in [-0.2, 0) is 13.5 Å². The lowest BCUT2D eigenvalue weighted by Crippen LogP contribution is -2.20. The van der Waals surface area contributed by atoms with Crippen LogP contribution in [0.15, 0.2) is 0 Å². The fourth-order valence-electron chi connectivity index (χ4n) is 5.14. The molecule has 19 heavy (non-hydrogen) atoms. The summed E-state index contributed by atoms with van der Waals surface area (Å²) in [6, 6.07) is 0. The van der Waals surface area contributed by atoms with Crippen LogP contribution in [0.5, 0.6) is 0 Å². The quantitative estimate of drug-likeness (QED) is 0.924. The molecule has 3 fully saturated rings. The van der Waals surface area contributed by atoms with Gasteiger partial charge in [0.25, 0.3) is 0 Å². The fourth-order valence-corrected chi connectivity index (χ4v) is 5.38. The van der Waals surface area contributed by atoms with Gasteiger partial charge in [0.15, 0.2) is 0 Å². The predicted molar refractivity (Wildman–Crippen MR) is 74.0 cm³/mol. The van der Waals surface area contributed by atoms with E-state index >= 15 is 0 Å². The molecule has 1 aromatic heterocycles. The highest BCUT2D eigenvalue weighted by Gasteiger charge is 2.66.